The van der Waals surface area contributed by atoms with E-state index in [-0.39, 0.29) is 0 Å². The summed E-state index contributed by atoms with van der Waals surface area (Å²) < 4.78 is 11.2. The largest absolute Gasteiger partial charge is 0.486 e. The summed E-state index contributed by atoms with van der Waals surface area (Å²) in [5, 5.41) is 0. The van der Waals surface area contributed by atoms with Crippen molar-refractivity contribution in [3.05, 3.63) is 22.8 Å². The summed E-state index contributed by atoms with van der Waals surface area (Å²) >= 11 is 0. The van der Waals surface area contributed by atoms with Crippen LogP contribution in [0.3, 0.4) is 0 Å². The van der Waals surface area contributed by atoms with Crippen molar-refractivity contribution in [2.75, 3.05) is 13.2 Å². The molecule has 0 atom stereocenters. The van der Waals surface area contributed by atoms with E-state index in [9.17, 15) is 0 Å². The number of aryl methyl sites for hydroxylation is 1. The highest BCUT2D eigenvalue weighted by Gasteiger charge is 2.19. The van der Waals surface area contributed by atoms with Gasteiger partial charge in [0.25, 0.3) is 0 Å². The van der Waals surface area contributed by atoms with Gasteiger partial charge in [0.1, 0.15) is 13.2 Å². The van der Waals surface area contributed by atoms with Crippen LogP contribution in [0, 0.1) is 13.8 Å². The van der Waals surface area contributed by atoms with Gasteiger partial charge in [-0.2, -0.15) is 0 Å². The number of hydrogen-bond acceptors (Lipinski definition) is 3. The molecule has 0 bridgehead atoms. The van der Waals surface area contributed by atoms with Crippen LogP contribution < -0.4 is 15.2 Å². The second-order valence-corrected chi connectivity index (χ2v) is 3.54. The third-order valence-corrected chi connectivity index (χ3v) is 2.62. The smallest absolute Gasteiger partial charge is 0.166 e. The summed E-state index contributed by atoms with van der Waals surface area (Å²) in [6.07, 6.45) is 0. The second kappa shape index (κ2) is 3.50. The molecular formula is C11H15NO2. The van der Waals surface area contributed by atoms with Crippen LogP contribution >= 0.6 is 0 Å². The minimum Gasteiger partial charge on any atom is -0.486 e. The van der Waals surface area contributed by atoms with Crippen LogP contribution in [0.1, 0.15) is 16.7 Å². The molecule has 0 unspecified atom stereocenters. The maximum atomic E-state index is 5.66. The average Bonchev–Trinajstić information content (AvgIpc) is 2.23. The number of benzene rings is 1. The number of rotatable bonds is 1. The Balaban J connectivity index is 2.60. The van der Waals surface area contributed by atoms with Crippen molar-refractivity contribution >= 4 is 0 Å². The standard InChI is InChI=1S/C11H15NO2/c1-7-5-9(6-12)11-10(8(7)2)13-3-4-14-11/h5H,3-4,6,12H2,1-2H3. The molecule has 0 aliphatic carbocycles. The molecule has 1 aromatic carbocycles. The quantitative estimate of drug-likeness (QED) is 0.735. The molecule has 0 spiro atoms. The molecule has 0 saturated heterocycles. The van der Waals surface area contributed by atoms with E-state index in [1.54, 1.807) is 0 Å². The Morgan fingerprint density at radius 1 is 1.21 bits per heavy atom. The lowest BCUT2D eigenvalue weighted by molar-refractivity contribution is 0.168. The van der Waals surface area contributed by atoms with Crippen LogP contribution in [0.4, 0.5) is 0 Å². The first kappa shape index (κ1) is 9.34. The maximum Gasteiger partial charge on any atom is 0.166 e. The van der Waals surface area contributed by atoms with Gasteiger partial charge in [-0.3, -0.25) is 0 Å². The Labute approximate surface area is 83.8 Å². The predicted octanol–water partition coefficient (Wildman–Crippen LogP) is 1.53. The zero-order valence-corrected chi connectivity index (χ0v) is 8.59. The molecule has 1 aromatic rings. The van der Waals surface area contributed by atoms with Crippen molar-refractivity contribution in [1.82, 2.24) is 0 Å². The summed E-state index contributed by atoms with van der Waals surface area (Å²) in [6.45, 7) is 5.84. The molecule has 1 aliphatic rings. The molecule has 1 heterocycles. The molecule has 0 fully saturated rings. The van der Waals surface area contributed by atoms with Crippen LogP contribution in [0.25, 0.3) is 0 Å². The number of ether oxygens (including phenoxy) is 2. The Hall–Kier alpha value is -1.22. The zero-order chi connectivity index (χ0) is 10.1. The lowest BCUT2D eigenvalue weighted by Crippen LogP contribution is -2.18. The van der Waals surface area contributed by atoms with Crippen LogP contribution in [0.15, 0.2) is 6.07 Å². The second-order valence-electron chi connectivity index (χ2n) is 3.54. The van der Waals surface area contributed by atoms with Gasteiger partial charge in [-0.05, 0) is 25.0 Å². The molecule has 0 saturated carbocycles. The highest BCUT2D eigenvalue weighted by molar-refractivity contribution is 5.55. The van der Waals surface area contributed by atoms with Crippen molar-refractivity contribution in [3.63, 3.8) is 0 Å². The highest BCUT2D eigenvalue weighted by atomic mass is 16.6. The van der Waals surface area contributed by atoms with Crippen molar-refractivity contribution in [2.45, 2.75) is 20.4 Å². The van der Waals surface area contributed by atoms with Gasteiger partial charge in [-0.1, -0.05) is 6.07 Å². The molecule has 3 nitrogen and oxygen atoms in total. The van der Waals surface area contributed by atoms with Gasteiger partial charge in [0.15, 0.2) is 11.5 Å². The minimum atomic E-state index is 0.493. The zero-order valence-electron chi connectivity index (χ0n) is 8.59. The first-order chi connectivity index (χ1) is 6.74. The SMILES string of the molecule is Cc1cc(CN)c2c(c1C)OCCO2. The van der Waals surface area contributed by atoms with Crippen LogP contribution in [0.5, 0.6) is 11.5 Å². The Morgan fingerprint density at radius 2 is 1.86 bits per heavy atom. The third-order valence-electron chi connectivity index (χ3n) is 2.62. The van der Waals surface area contributed by atoms with E-state index >= 15 is 0 Å². The highest BCUT2D eigenvalue weighted by Crippen LogP contribution is 2.38. The molecule has 0 amide bonds. The molecule has 14 heavy (non-hydrogen) atoms. The summed E-state index contributed by atoms with van der Waals surface area (Å²) in [7, 11) is 0. The molecule has 2 rings (SSSR count). The van der Waals surface area contributed by atoms with E-state index in [1.807, 2.05) is 6.92 Å². The van der Waals surface area contributed by atoms with Crippen molar-refractivity contribution in [3.8, 4) is 11.5 Å². The van der Waals surface area contributed by atoms with E-state index in [2.05, 4.69) is 13.0 Å². The van der Waals surface area contributed by atoms with Gasteiger partial charge in [0.2, 0.25) is 0 Å². The van der Waals surface area contributed by atoms with E-state index in [0.717, 1.165) is 22.6 Å². The first-order valence-corrected chi connectivity index (χ1v) is 4.82. The van der Waals surface area contributed by atoms with Gasteiger partial charge in [0, 0.05) is 12.1 Å². The average molecular weight is 193 g/mol. The molecule has 2 N–H and O–H groups in total. The molecule has 76 valence electrons. The Morgan fingerprint density at radius 3 is 2.50 bits per heavy atom. The molecule has 3 heteroatoms. The Kier molecular flexibility index (Phi) is 2.33. The molecule has 1 aliphatic heterocycles. The van der Waals surface area contributed by atoms with E-state index in [4.69, 9.17) is 15.2 Å². The fraction of sp³-hybridized carbons (Fsp3) is 0.455. The van der Waals surface area contributed by atoms with Gasteiger partial charge in [-0.25, -0.2) is 0 Å². The van der Waals surface area contributed by atoms with Gasteiger partial charge in [0.05, 0.1) is 0 Å². The van der Waals surface area contributed by atoms with Gasteiger partial charge < -0.3 is 15.2 Å². The fourth-order valence-electron chi connectivity index (χ4n) is 1.70. The van der Waals surface area contributed by atoms with E-state index < -0.39 is 0 Å². The Bertz CT molecular complexity index is 361. The van der Waals surface area contributed by atoms with Gasteiger partial charge in [-0.15, -0.1) is 0 Å². The van der Waals surface area contributed by atoms with Crippen LogP contribution in [-0.4, -0.2) is 13.2 Å². The lowest BCUT2D eigenvalue weighted by Gasteiger charge is -2.23. The molecule has 0 radical (unpaired) electrons. The third kappa shape index (κ3) is 1.34. The van der Waals surface area contributed by atoms with E-state index in [0.29, 0.717) is 19.8 Å². The summed E-state index contributed by atoms with van der Waals surface area (Å²) in [5.41, 5.74) is 9.04. The van der Waals surface area contributed by atoms with Crippen molar-refractivity contribution in [1.29, 1.82) is 0 Å². The summed E-state index contributed by atoms with van der Waals surface area (Å²) in [4.78, 5) is 0. The maximum absolute atomic E-state index is 5.66. The molecule has 0 aromatic heterocycles. The van der Waals surface area contributed by atoms with Crippen molar-refractivity contribution < 1.29 is 9.47 Å². The topological polar surface area (TPSA) is 44.5 Å². The summed E-state index contributed by atoms with van der Waals surface area (Å²) in [6, 6.07) is 2.07. The predicted molar refractivity (Wildman–Crippen MR) is 54.8 cm³/mol. The lowest BCUT2D eigenvalue weighted by atomic mass is 10.0. The van der Waals surface area contributed by atoms with Crippen LogP contribution in [0.2, 0.25) is 0 Å². The molecular weight excluding hydrogens is 178 g/mol. The number of nitrogens with two attached hydrogens (primary N) is 1. The monoisotopic (exact) mass is 193 g/mol. The number of fused-ring (bicyclic) bond motifs is 1. The van der Waals surface area contributed by atoms with Crippen LogP contribution in [-0.2, 0) is 6.54 Å². The number of hydrogen-bond donors (Lipinski definition) is 1. The van der Waals surface area contributed by atoms with E-state index in [1.165, 1.54) is 5.56 Å². The summed E-state index contributed by atoms with van der Waals surface area (Å²) in [5.74, 6) is 1.71. The normalized spacial score (nSPS) is 14.2. The fourth-order valence-corrected chi connectivity index (χ4v) is 1.70. The first-order valence-electron chi connectivity index (χ1n) is 4.82. The van der Waals surface area contributed by atoms with Crippen molar-refractivity contribution in [2.24, 2.45) is 5.73 Å². The van der Waals surface area contributed by atoms with Gasteiger partial charge >= 0.3 is 0 Å². The minimum absolute atomic E-state index is 0.493.